The molecule has 0 atom stereocenters. The molecule has 3 aromatic rings. The van der Waals surface area contributed by atoms with Crippen molar-refractivity contribution < 1.29 is 22.1 Å². The van der Waals surface area contributed by atoms with Gasteiger partial charge in [-0.25, -0.2) is 13.4 Å². The number of carbonyl (C=O) groups is 1. The minimum atomic E-state index is -2.98. The fourth-order valence-corrected chi connectivity index (χ4v) is 3.80. The molecule has 1 N–H and O–H groups in total. The van der Waals surface area contributed by atoms with Gasteiger partial charge in [0.05, 0.1) is 17.6 Å². The maximum atomic E-state index is 11.6. The highest BCUT2D eigenvalue weighted by Gasteiger charge is 2.17. The number of benzene rings is 2. The number of nitrogens with zero attached hydrogens (tertiary/aromatic N) is 3. The molecule has 0 saturated heterocycles. The van der Waals surface area contributed by atoms with Crippen LogP contribution in [-0.4, -0.2) is 56.8 Å². The van der Waals surface area contributed by atoms with E-state index in [9.17, 15) is 13.2 Å². The standard InChI is InChI=1S/C26H32N4O5S/c1-20(2)30(15-9-10-16-34-18-24(31)28-19-35-36(32)33)23-17-27-25(21-11-5-3-6-12-21)26(29-23)22-13-7-4-8-14-22/h3-8,11-14,17,20,36H,9-10,15-16,18-19H2,1-2H3,(H,28,31). The SMILES string of the molecule is CC(C)N(CCCCOCC(=O)NCO[SH](=O)=O)c1cnc(-c2ccccc2)c(-c2ccccc2)n1. The minimum absolute atomic E-state index is 0.153. The summed E-state index contributed by atoms with van der Waals surface area (Å²) < 4.78 is 30.3. The van der Waals surface area contributed by atoms with Gasteiger partial charge in [0.15, 0.2) is 0 Å². The number of ether oxygens (including phenoxy) is 1. The molecule has 1 heterocycles. The summed E-state index contributed by atoms with van der Waals surface area (Å²) in [6.45, 7) is 4.86. The topological polar surface area (TPSA) is 111 Å². The second-order valence-electron chi connectivity index (χ2n) is 8.30. The van der Waals surface area contributed by atoms with Crippen molar-refractivity contribution in [3.63, 3.8) is 0 Å². The second-order valence-corrected chi connectivity index (χ2v) is 9.01. The van der Waals surface area contributed by atoms with Gasteiger partial charge in [0.25, 0.3) is 11.0 Å². The Morgan fingerprint density at radius 3 is 2.22 bits per heavy atom. The van der Waals surface area contributed by atoms with Crippen LogP contribution in [0.1, 0.15) is 26.7 Å². The van der Waals surface area contributed by atoms with Crippen LogP contribution in [0.5, 0.6) is 0 Å². The molecule has 1 aromatic heterocycles. The van der Waals surface area contributed by atoms with Crippen LogP contribution >= 0.6 is 0 Å². The second kappa shape index (κ2) is 14.3. The smallest absolute Gasteiger partial charge is 0.258 e. The van der Waals surface area contributed by atoms with E-state index in [0.717, 1.165) is 47.7 Å². The van der Waals surface area contributed by atoms with Gasteiger partial charge >= 0.3 is 0 Å². The maximum absolute atomic E-state index is 11.6. The highest BCUT2D eigenvalue weighted by Crippen LogP contribution is 2.30. The van der Waals surface area contributed by atoms with Gasteiger partial charge in [-0.3, -0.25) is 14.0 Å². The van der Waals surface area contributed by atoms with Gasteiger partial charge in [-0.15, -0.1) is 0 Å². The van der Waals surface area contributed by atoms with Crippen LogP contribution in [0, 0.1) is 0 Å². The summed E-state index contributed by atoms with van der Waals surface area (Å²) >= 11 is 0. The molecule has 0 aliphatic rings. The Bertz CT molecular complexity index is 1170. The molecule has 0 aliphatic heterocycles. The van der Waals surface area contributed by atoms with Gasteiger partial charge in [0.2, 0.25) is 5.91 Å². The van der Waals surface area contributed by atoms with E-state index >= 15 is 0 Å². The summed E-state index contributed by atoms with van der Waals surface area (Å²) in [4.78, 5) is 23.7. The van der Waals surface area contributed by atoms with E-state index in [1.807, 2.05) is 66.9 Å². The van der Waals surface area contributed by atoms with E-state index in [-0.39, 0.29) is 19.4 Å². The summed E-state index contributed by atoms with van der Waals surface area (Å²) in [7, 11) is -2.98. The Morgan fingerprint density at radius 1 is 0.972 bits per heavy atom. The first-order valence-electron chi connectivity index (χ1n) is 11.8. The quantitative estimate of drug-likeness (QED) is 0.192. The first-order chi connectivity index (χ1) is 17.5. The molecule has 0 bridgehead atoms. The maximum Gasteiger partial charge on any atom is 0.258 e. The number of rotatable bonds is 14. The average molecular weight is 513 g/mol. The molecule has 9 nitrogen and oxygen atoms in total. The first-order valence-corrected chi connectivity index (χ1v) is 12.9. The van der Waals surface area contributed by atoms with Crippen molar-refractivity contribution in [2.24, 2.45) is 0 Å². The molecule has 0 unspecified atom stereocenters. The summed E-state index contributed by atoms with van der Waals surface area (Å²) in [5.41, 5.74) is 3.70. The van der Waals surface area contributed by atoms with Crippen LogP contribution in [0.15, 0.2) is 66.9 Å². The zero-order chi connectivity index (χ0) is 25.8. The summed E-state index contributed by atoms with van der Waals surface area (Å²) in [5.74, 6) is 0.374. The molecule has 2 aromatic carbocycles. The van der Waals surface area contributed by atoms with Crippen molar-refractivity contribution in [2.75, 3.05) is 31.4 Å². The number of carbonyl (C=O) groups excluding carboxylic acids is 1. The Hall–Kier alpha value is -3.34. The molecule has 0 saturated carbocycles. The van der Waals surface area contributed by atoms with Crippen LogP contribution in [0.4, 0.5) is 5.82 Å². The molecular weight excluding hydrogens is 480 g/mol. The highest BCUT2D eigenvalue weighted by atomic mass is 32.2. The third-order valence-electron chi connectivity index (χ3n) is 5.38. The molecule has 0 fully saturated rings. The monoisotopic (exact) mass is 512 g/mol. The Kier molecular flexibility index (Phi) is 10.8. The third-order valence-corrected chi connectivity index (χ3v) is 5.72. The predicted molar refractivity (Wildman–Crippen MR) is 140 cm³/mol. The normalized spacial score (nSPS) is 11.1. The van der Waals surface area contributed by atoms with Gasteiger partial charge in [-0.1, -0.05) is 60.7 Å². The predicted octanol–water partition coefficient (Wildman–Crippen LogP) is 3.44. The molecule has 10 heteroatoms. The third kappa shape index (κ3) is 8.40. The molecule has 0 spiro atoms. The number of anilines is 1. The Balaban J connectivity index is 1.62. The van der Waals surface area contributed by atoms with E-state index < -0.39 is 16.9 Å². The summed E-state index contributed by atoms with van der Waals surface area (Å²) in [5, 5.41) is 2.30. The first kappa shape index (κ1) is 27.3. The fraction of sp³-hybridized carbons (Fsp3) is 0.346. The van der Waals surface area contributed by atoms with Crippen LogP contribution in [0.2, 0.25) is 0 Å². The van der Waals surface area contributed by atoms with Crippen molar-refractivity contribution in [2.45, 2.75) is 32.7 Å². The lowest BCUT2D eigenvalue weighted by Crippen LogP contribution is -2.33. The molecule has 192 valence electrons. The van der Waals surface area contributed by atoms with Crippen LogP contribution in [-0.2, 0) is 24.7 Å². The fourth-order valence-electron chi connectivity index (χ4n) is 3.63. The number of unbranched alkanes of at least 4 members (excludes halogenated alkanes) is 1. The van der Waals surface area contributed by atoms with Crippen molar-refractivity contribution in [1.29, 1.82) is 0 Å². The van der Waals surface area contributed by atoms with Gasteiger partial charge < -0.3 is 15.0 Å². The van der Waals surface area contributed by atoms with Crippen molar-refractivity contribution in [3.8, 4) is 22.5 Å². The van der Waals surface area contributed by atoms with Gasteiger partial charge in [0, 0.05) is 30.3 Å². The Morgan fingerprint density at radius 2 is 1.61 bits per heavy atom. The van der Waals surface area contributed by atoms with Gasteiger partial charge in [-0.05, 0) is 26.7 Å². The molecule has 0 aliphatic carbocycles. The largest absolute Gasteiger partial charge is 0.372 e. The highest BCUT2D eigenvalue weighted by molar-refractivity contribution is 7.67. The van der Waals surface area contributed by atoms with Crippen molar-refractivity contribution in [1.82, 2.24) is 15.3 Å². The lowest BCUT2D eigenvalue weighted by Gasteiger charge is -2.28. The number of thiol groups is 1. The number of nitrogens with one attached hydrogen (secondary N) is 1. The Labute approximate surface area is 213 Å². The van der Waals surface area contributed by atoms with Crippen LogP contribution < -0.4 is 10.2 Å². The zero-order valence-corrected chi connectivity index (χ0v) is 21.4. The van der Waals surface area contributed by atoms with Gasteiger partial charge in [0.1, 0.15) is 19.2 Å². The summed E-state index contributed by atoms with van der Waals surface area (Å²) in [6.07, 6.45) is 3.41. The van der Waals surface area contributed by atoms with E-state index in [1.54, 1.807) is 0 Å². The average Bonchev–Trinajstić information content (AvgIpc) is 2.88. The van der Waals surface area contributed by atoms with E-state index in [2.05, 4.69) is 28.2 Å². The van der Waals surface area contributed by atoms with Gasteiger partial charge in [-0.2, -0.15) is 0 Å². The van der Waals surface area contributed by atoms with Crippen LogP contribution in [0.25, 0.3) is 22.5 Å². The number of hydrogen-bond acceptors (Lipinski definition) is 8. The molecule has 3 rings (SSSR count). The minimum Gasteiger partial charge on any atom is -0.372 e. The van der Waals surface area contributed by atoms with E-state index in [0.29, 0.717) is 6.61 Å². The summed E-state index contributed by atoms with van der Waals surface area (Å²) in [6, 6.07) is 20.3. The molecular formula is C26H32N4O5S. The molecule has 36 heavy (non-hydrogen) atoms. The lowest BCUT2D eigenvalue weighted by atomic mass is 10.0. The van der Waals surface area contributed by atoms with E-state index in [4.69, 9.17) is 14.7 Å². The molecule has 0 radical (unpaired) electrons. The number of hydrogen-bond donors (Lipinski definition) is 2. The lowest BCUT2D eigenvalue weighted by molar-refractivity contribution is -0.126. The van der Waals surface area contributed by atoms with Crippen molar-refractivity contribution >= 4 is 22.7 Å². The molecule has 1 amide bonds. The van der Waals surface area contributed by atoms with Crippen molar-refractivity contribution in [3.05, 3.63) is 66.9 Å². The van der Waals surface area contributed by atoms with Crippen LogP contribution in [0.3, 0.4) is 0 Å². The number of aromatic nitrogens is 2. The number of amides is 1. The van der Waals surface area contributed by atoms with E-state index in [1.165, 1.54) is 0 Å². The zero-order valence-electron chi connectivity index (χ0n) is 20.5.